The van der Waals surface area contributed by atoms with Crippen LogP contribution in [0.3, 0.4) is 0 Å². The van der Waals surface area contributed by atoms with Crippen LogP contribution in [0.2, 0.25) is 0 Å². The van der Waals surface area contributed by atoms with Gasteiger partial charge in [-0.05, 0) is 6.92 Å². The molecule has 0 aliphatic rings. The molecular weight excluding hydrogens is 214 g/mol. The molecule has 1 heterocycles. The molecule has 0 spiro atoms. The summed E-state index contributed by atoms with van der Waals surface area (Å²) >= 11 is 0. The van der Waals surface area contributed by atoms with Gasteiger partial charge in [0.25, 0.3) is 0 Å². The molecule has 4 heteroatoms. The van der Waals surface area contributed by atoms with Crippen LogP contribution in [0.4, 0.5) is 0 Å². The van der Waals surface area contributed by atoms with Crippen LogP contribution in [0.15, 0.2) is 24.5 Å². The normalized spacial score (nSPS) is 10.6. The first kappa shape index (κ1) is 13.6. The highest BCUT2D eigenvalue weighted by atomic mass is 16.5. The van der Waals surface area contributed by atoms with E-state index in [1.807, 2.05) is 6.92 Å². The summed E-state index contributed by atoms with van der Waals surface area (Å²) in [6.07, 6.45) is 4.23. The third-order valence-corrected chi connectivity index (χ3v) is 2.13. The number of nitrogens with zero attached hydrogens (tertiary/aromatic N) is 2. The van der Waals surface area contributed by atoms with Crippen molar-refractivity contribution >= 4 is 0 Å². The van der Waals surface area contributed by atoms with Gasteiger partial charge in [0.2, 0.25) is 5.88 Å². The summed E-state index contributed by atoms with van der Waals surface area (Å²) in [5.41, 5.74) is 2.00. The van der Waals surface area contributed by atoms with Crippen molar-refractivity contribution in [1.29, 1.82) is 0 Å². The fourth-order valence-corrected chi connectivity index (χ4v) is 1.18. The minimum absolute atomic E-state index is 0.435. The highest BCUT2D eigenvalue weighted by molar-refractivity contribution is 5.08. The fraction of sp³-hybridized carbons (Fsp3) is 0.538. The summed E-state index contributed by atoms with van der Waals surface area (Å²) in [4.78, 5) is 8.48. The van der Waals surface area contributed by atoms with Crippen LogP contribution < -0.4 is 10.1 Å². The third-order valence-electron chi connectivity index (χ3n) is 2.13. The lowest BCUT2D eigenvalue weighted by Gasteiger charge is -2.09. The highest BCUT2D eigenvalue weighted by Gasteiger charge is 2.01. The number of rotatable bonds is 7. The van der Waals surface area contributed by atoms with E-state index in [0.717, 1.165) is 17.7 Å². The zero-order valence-electron chi connectivity index (χ0n) is 10.9. The van der Waals surface area contributed by atoms with Crippen molar-refractivity contribution in [3.8, 4) is 5.88 Å². The SMILES string of the molecule is C=C(C)CCOc1cncc(CNC(C)C)n1. The second-order valence-corrected chi connectivity index (χ2v) is 4.44. The third kappa shape index (κ3) is 6.02. The van der Waals surface area contributed by atoms with E-state index in [-0.39, 0.29) is 0 Å². The van der Waals surface area contributed by atoms with E-state index >= 15 is 0 Å². The molecule has 0 atom stereocenters. The van der Waals surface area contributed by atoms with Gasteiger partial charge in [-0.15, -0.1) is 6.58 Å². The Labute approximate surface area is 103 Å². The van der Waals surface area contributed by atoms with Crippen molar-refractivity contribution in [2.24, 2.45) is 0 Å². The molecule has 0 aliphatic carbocycles. The van der Waals surface area contributed by atoms with Gasteiger partial charge < -0.3 is 10.1 Å². The lowest BCUT2D eigenvalue weighted by atomic mass is 10.3. The average molecular weight is 235 g/mol. The first-order chi connectivity index (χ1) is 8.08. The number of ether oxygens (including phenoxy) is 1. The van der Waals surface area contributed by atoms with Gasteiger partial charge in [0.05, 0.1) is 18.5 Å². The zero-order valence-corrected chi connectivity index (χ0v) is 10.9. The van der Waals surface area contributed by atoms with Gasteiger partial charge in [-0.2, -0.15) is 0 Å². The Balaban J connectivity index is 2.45. The first-order valence-corrected chi connectivity index (χ1v) is 5.89. The van der Waals surface area contributed by atoms with Gasteiger partial charge in [-0.3, -0.25) is 4.98 Å². The van der Waals surface area contributed by atoms with E-state index in [4.69, 9.17) is 4.74 Å². The minimum atomic E-state index is 0.435. The predicted octanol–water partition coefficient (Wildman–Crippen LogP) is 2.32. The maximum absolute atomic E-state index is 5.50. The Morgan fingerprint density at radius 2 is 2.24 bits per heavy atom. The summed E-state index contributed by atoms with van der Waals surface area (Å²) in [5, 5.41) is 3.29. The molecule has 1 aromatic rings. The number of nitrogens with one attached hydrogen (secondary N) is 1. The molecule has 17 heavy (non-hydrogen) atoms. The maximum Gasteiger partial charge on any atom is 0.232 e. The summed E-state index contributed by atoms with van der Waals surface area (Å²) in [7, 11) is 0. The Bertz CT molecular complexity index is 363. The standard InChI is InChI=1S/C13H21N3O/c1-10(2)5-6-17-13-9-14-7-12(16-13)8-15-11(3)4/h7,9,11,15H,1,5-6,8H2,2-4H3. The molecular formula is C13H21N3O. The van der Waals surface area contributed by atoms with Crippen LogP contribution in [0.1, 0.15) is 32.9 Å². The molecule has 4 nitrogen and oxygen atoms in total. The zero-order chi connectivity index (χ0) is 12.7. The molecule has 0 unspecified atom stereocenters. The van der Waals surface area contributed by atoms with Crippen LogP contribution in [-0.4, -0.2) is 22.6 Å². The van der Waals surface area contributed by atoms with Crippen molar-refractivity contribution in [2.45, 2.75) is 39.8 Å². The van der Waals surface area contributed by atoms with Crippen LogP contribution in [-0.2, 0) is 6.54 Å². The predicted molar refractivity (Wildman–Crippen MR) is 68.9 cm³/mol. The van der Waals surface area contributed by atoms with E-state index in [1.165, 1.54) is 0 Å². The van der Waals surface area contributed by atoms with Gasteiger partial charge in [-0.1, -0.05) is 19.4 Å². The monoisotopic (exact) mass is 235 g/mol. The van der Waals surface area contributed by atoms with Crippen LogP contribution in [0.25, 0.3) is 0 Å². The van der Waals surface area contributed by atoms with E-state index in [9.17, 15) is 0 Å². The van der Waals surface area contributed by atoms with Gasteiger partial charge in [0.1, 0.15) is 0 Å². The second kappa shape index (κ2) is 7.01. The first-order valence-electron chi connectivity index (χ1n) is 5.89. The molecule has 0 saturated heterocycles. The van der Waals surface area contributed by atoms with Crippen LogP contribution >= 0.6 is 0 Å². The van der Waals surface area contributed by atoms with Gasteiger partial charge in [-0.25, -0.2) is 4.98 Å². The topological polar surface area (TPSA) is 47.0 Å². The molecule has 0 amide bonds. The van der Waals surface area contributed by atoms with Crippen molar-refractivity contribution in [2.75, 3.05) is 6.61 Å². The molecule has 0 fully saturated rings. The summed E-state index contributed by atoms with van der Waals surface area (Å²) < 4.78 is 5.50. The Kier molecular flexibility index (Phi) is 5.63. The molecule has 0 saturated carbocycles. The van der Waals surface area contributed by atoms with Crippen molar-refractivity contribution in [3.63, 3.8) is 0 Å². The van der Waals surface area contributed by atoms with E-state index in [1.54, 1.807) is 12.4 Å². The summed E-state index contributed by atoms with van der Waals surface area (Å²) in [5.74, 6) is 0.578. The second-order valence-electron chi connectivity index (χ2n) is 4.44. The molecule has 1 rings (SSSR count). The smallest absolute Gasteiger partial charge is 0.232 e. The number of aromatic nitrogens is 2. The Morgan fingerprint density at radius 1 is 1.47 bits per heavy atom. The highest BCUT2D eigenvalue weighted by Crippen LogP contribution is 2.06. The van der Waals surface area contributed by atoms with Gasteiger partial charge in [0, 0.05) is 25.2 Å². The number of hydrogen-bond acceptors (Lipinski definition) is 4. The van der Waals surface area contributed by atoms with Gasteiger partial charge in [0.15, 0.2) is 0 Å². The molecule has 1 N–H and O–H groups in total. The molecule has 0 aromatic carbocycles. The quantitative estimate of drug-likeness (QED) is 0.737. The summed E-state index contributed by atoms with van der Waals surface area (Å²) in [6.45, 7) is 11.3. The van der Waals surface area contributed by atoms with Crippen molar-refractivity contribution in [3.05, 3.63) is 30.2 Å². The molecule has 0 bridgehead atoms. The largest absolute Gasteiger partial charge is 0.476 e. The fourth-order valence-electron chi connectivity index (χ4n) is 1.18. The van der Waals surface area contributed by atoms with Crippen LogP contribution in [0.5, 0.6) is 5.88 Å². The number of hydrogen-bond donors (Lipinski definition) is 1. The molecule has 0 radical (unpaired) electrons. The Morgan fingerprint density at radius 3 is 2.88 bits per heavy atom. The Hall–Kier alpha value is -1.42. The minimum Gasteiger partial charge on any atom is -0.476 e. The van der Waals surface area contributed by atoms with Crippen molar-refractivity contribution < 1.29 is 4.74 Å². The average Bonchev–Trinajstić information content (AvgIpc) is 2.26. The molecule has 94 valence electrons. The van der Waals surface area contributed by atoms with Gasteiger partial charge >= 0.3 is 0 Å². The molecule has 1 aromatic heterocycles. The van der Waals surface area contributed by atoms with E-state index in [0.29, 0.717) is 25.1 Å². The van der Waals surface area contributed by atoms with E-state index in [2.05, 4.69) is 35.7 Å². The lowest BCUT2D eigenvalue weighted by molar-refractivity contribution is 0.306. The maximum atomic E-state index is 5.50. The van der Waals surface area contributed by atoms with Crippen molar-refractivity contribution in [1.82, 2.24) is 15.3 Å². The van der Waals surface area contributed by atoms with E-state index < -0.39 is 0 Å². The van der Waals surface area contributed by atoms with Crippen LogP contribution in [0, 0.1) is 0 Å². The molecule has 0 aliphatic heterocycles. The summed E-state index contributed by atoms with van der Waals surface area (Å²) in [6, 6.07) is 0.435. The lowest BCUT2D eigenvalue weighted by Crippen LogP contribution is -2.22.